The number of nitrogens with zero attached hydrogens (tertiary/aromatic N) is 1. The Hall–Kier alpha value is -1.12. The number of benzene rings is 1. The Morgan fingerprint density at radius 2 is 1.77 bits per heavy atom. The van der Waals surface area contributed by atoms with Gasteiger partial charge in [-0.15, -0.1) is 0 Å². The third-order valence-corrected chi connectivity index (χ3v) is 5.79. The first-order valence-corrected chi connectivity index (χ1v) is 8.35. The van der Waals surface area contributed by atoms with E-state index >= 15 is 0 Å². The number of rotatable bonds is 4. The molecule has 124 valence electrons. The summed E-state index contributed by atoms with van der Waals surface area (Å²) >= 11 is 0. The van der Waals surface area contributed by atoms with E-state index in [1.807, 2.05) is 0 Å². The highest BCUT2D eigenvalue weighted by Gasteiger charge is 2.40. The highest BCUT2D eigenvalue weighted by molar-refractivity contribution is 7.89. The molecular weight excluding hydrogens is 319 g/mol. The van der Waals surface area contributed by atoms with Crippen molar-refractivity contribution in [2.75, 3.05) is 13.6 Å². The van der Waals surface area contributed by atoms with Crippen LogP contribution in [0.5, 0.6) is 0 Å². The summed E-state index contributed by atoms with van der Waals surface area (Å²) in [5.41, 5.74) is -2.35. The van der Waals surface area contributed by atoms with Gasteiger partial charge in [0.25, 0.3) is 0 Å². The fourth-order valence-corrected chi connectivity index (χ4v) is 4.24. The number of sulfonamides is 1. The van der Waals surface area contributed by atoms with Crippen molar-refractivity contribution in [3.05, 3.63) is 29.8 Å². The van der Waals surface area contributed by atoms with Crippen molar-refractivity contribution in [3.8, 4) is 0 Å². The first-order valence-electron chi connectivity index (χ1n) is 6.91. The second-order valence-electron chi connectivity index (χ2n) is 5.69. The lowest BCUT2D eigenvalue weighted by atomic mass is 10.0. The molecule has 0 saturated heterocycles. The summed E-state index contributed by atoms with van der Waals surface area (Å²) in [6.07, 6.45) is -2.29. The highest BCUT2D eigenvalue weighted by atomic mass is 32.2. The topological polar surface area (TPSA) is 57.6 Å². The van der Waals surface area contributed by atoms with Crippen molar-refractivity contribution in [2.45, 2.75) is 42.4 Å². The minimum absolute atomic E-state index is 0.207. The van der Waals surface area contributed by atoms with Crippen molar-refractivity contribution >= 4 is 10.0 Å². The molecular formula is C14H18F3NO3S. The van der Waals surface area contributed by atoms with Crippen LogP contribution in [0.3, 0.4) is 0 Å². The molecule has 0 amide bonds. The molecule has 4 nitrogen and oxygen atoms in total. The van der Waals surface area contributed by atoms with E-state index in [2.05, 4.69) is 0 Å². The third kappa shape index (κ3) is 3.44. The third-order valence-electron chi connectivity index (χ3n) is 3.93. The number of halogens is 3. The molecule has 1 N–H and O–H groups in total. The van der Waals surface area contributed by atoms with Crippen LogP contribution in [0.15, 0.2) is 29.2 Å². The Morgan fingerprint density at radius 3 is 2.32 bits per heavy atom. The van der Waals surface area contributed by atoms with E-state index < -0.39 is 32.3 Å². The predicted octanol–water partition coefficient (Wildman–Crippen LogP) is 2.63. The standard InChI is InChI=1S/C14H18F3NO3S/c1-18(10-13(19)8-4-5-9-13)22(20,21)12-7-3-2-6-11(12)14(15,16)17/h2-3,6-7,19H,4-5,8-10H2,1H3. The molecule has 0 spiro atoms. The van der Waals surface area contributed by atoms with E-state index in [0.29, 0.717) is 12.8 Å². The zero-order valence-electron chi connectivity index (χ0n) is 12.1. The highest BCUT2D eigenvalue weighted by Crippen LogP contribution is 2.36. The summed E-state index contributed by atoms with van der Waals surface area (Å²) in [7, 11) is -3.13. The SMILES string of the molecule is CN(CC1(O)CCCC1)S(=O)(=O)c1ccccc1C(F)(F)F. The van der Waals surface area contributed by atoms with Crippen molar-refractivity contribution in [3.63, 3.8) is 0 Å². The van der Waals surface area contributed by atoms with Gasteiger partial charge in [-0.1, -0.05) is 25.0 Å². The summed E-state index contributed by atoms with van der Waals surface area (Å²) in [5.74, 6) is 0. The molecule has 0 unspecified atom stereocenters. The van der Waals surface area contributed by atoms with E-state index in [-0.39, 0.29) is 6.54 Å². The molecule has 1 aliphatic rings. The largest absolute Gasteiger partial charge is 0.417 e. The van der Waals surface area contributed by atoms with Gasteiger partial charge in [-0.3, -0.25) is 0 Å². The first kappa shape index (κ1) is 17.2. The van der Waals surface area contributed by atoms with Gasteiger partial charge in [-0.2, -0.15) is 17.5 Å². The van der Waals surface area contributed by atoms with Crippen LogP contribution in [0.1, 0.15) is 31.2 Å². The van der Waals surface area contributed by atoms with Gasteiger partial charge in [0.1, 0.15) is 0 Å². The fraction of sp³-hybridized carbons (Fsp3) is 0.571. The normalized spacial score (nSPS) is 18.8. The second-order valence-corrected chi connectivity index (χ2v) is 7.70. The molecule has 0 aromatic heterocycles. The maximum atomic E-state index is 13.0. The van der Waals surface area contributed by atoms with Crippen LogP contribution in [0, 0.1) is 0 Å². The van der Waals surface area contributed by atoms with E-state index in [1.165, 1.54) is 13.1 Å². The van der Waals surface area contributed by atoms with E-state index in [1.54, 1.807) is 0 Å². The molecule has 1 aromatic rings. The molecule has 8 heteroatoms. The maximum absolute atomic E-state index is 13.0. The van der Waals surface area contributed by atoms with Crippen LogP contribution in [0.2, 0.25) is 0 Å². The second kappa shape index (κ2) is 5.82. The Morgan fingerprint density at radius 1 is 1.23 bits per heavy atom. The molecule has 22 heavy (non-hydrogen) atoms. The molecule has 0 heterocycles. The molecule has 0 bridgehead atoms. The smallest absolute Gasteiger partial charge is 0.389 e. The number of likely N-dealkylation sites (N-methyl/N-ethyl adjacent to an activating group) is 1. The van der Waals surface area contributed by atoms with Crippen molar-refractivity contribution in [1.82, 2.24) is 4.31 Å². The molecule has 1 aliphatic carbocycles. The average molecular weight is 337 g/mol. The van der Waals surface area contributed by atoms with Crippen molar-refractivity contribution in [2.24, 2.45) is 0 Å². The molecule has 1 saturated carbocycles. The Bertz CT molecular complexity index is 637. The zero-order valence-corrected chi connectivity index (χ0v) is 12.9. The lowest BCUT2D eigenvalue weighted by molar-refractivity contribution is -0.139. The van der Waals surface area contributed by atoms with Gasteiger partial charge in [0.15, 0.2) is 0 Å². The van der Waals surface area contributed by atoms with Crippen LogP contribution in [-0.4, -0.2) is 37.0 Å². The number of hydrogen-bond acceptors (Lipinski definition) is 3. The van der Waals surface area contributed by atoms with Gasteiger partial charge >= 0.3 is 6.18 Å². The number of hydrogen-bond donors (Lipinski definition) is 1. The molecule has 1 fully saturated rings. The summed E-state index contributed by atoms with van der Waals surface area (Å²) in [6.45, 7) is -0.207. The Labute approximate surface area is 127 Å². The van der Waals surface area contributed by atoms with Gasteiger partial charge < -0.3 is 5.11 Å². The average Bonchev–Trinajstić information content (AvgIpc) is 2.84. The molecule has 2 rings (SSSR count). The minimum Gasteiger partial charge on any atom is -0.389 e. The minimum atomic E-state index is -4.76. The lowest BCUT2D eigenvalue weighted by Gasteiger charge is -2.28. The summed E-state index contributed by atoms with van der Waals surface area (Å²) in [4.78, 5) is -0.786. The lowest BCUT2D eigenvalue weighted by Crippen LogP contribution is -2.42. The summed E-state index contributed by atoms with van der Waals surface area (Å²) < 4.78 is 64.7. The van der Waals surface area contributed by atoms with Crippen LogP contribution in [-0.2, 0) is 16.2 Å². The monoisotopic (exact) mass is 337 g/mol. The molecule has 1 aromatic carbocycles. The summed E-state index contributed by atoms with van der Waals surface area (Å²) in [6, 6.07) is 4.07. The zero-order chi connectivity index (χ0) is 16.6. The Kier molecular flexibility index (Phi) is 4.56. The van der Waals surface area contributed by atoms with Crippen LogP contribution >= 0.6 is 0 Å². The van der Waals surface area contributed by atoms with E-state index in [4.69, 9.17) is 0 Å². The first-order chi connectivity index (χ1) is 10.1. The van der Waals surface area contributed by atoms with Crippen LogP contribution in [0.4, 0.5) is 13.2 Å². The number of aliphatic hydroxyl groups is 1. The molecule has 0 aliphatic heterocycles. The van der Waals surface area contributed by atoms with Gasteiger partial charge in [0.05, 0.1) is 16.1 Å². The van der Waals surface area contributed by atoms with Gasteiger partial charge in [-0.25, -0.2) is 8.42 Å². The van der Waals surface area contributed by atoms with Gasteiger partial charge in [0, 0.05) is 13.6 Å². The number of alkyl halides is 3. The molecule has 0 atom stereocenters. The van der Waals surface area contributed by atoms with Crippen LogP contribution in [0.25, 0.3) is 0 Å². The maximum Gasteiger partial charge on any atom is 0.417 e. The fourth-order valence-electron chi connectivity index (χ4n) is 2.78. The Balaban J connectivity index is 2.34. The van der Waals surface area contributed by atoms with Gasteiger partial charge in [0.2, 0.25) is 10.0 Å². The van der Waals surface area contributed by atoms with E-state index in [0.717, 1.165) is 35.3 Å². The van der Waals surface area contributed by atoms with Crippen molar-refractivity contribution in [1.29, 1.82) is 0 Å². The summed E-state index contributed by atoms with van der Waals surface area (Å²) in [5, 5.41) is 10.3. The van der Waals surface area contributed by atoms with E-state index in [9.17, 15) is 26.7 Å². The van der Waals surface area contributed by atoms with Crippen molar-refractivity contribution < 1.29 is 26.7 Å². The van der Waals surface area contributed by atoms with Crippen LogP contribution < -0.4 is 0 Å². The quantitative estimate of drug-likeness (QED) is 0.919. The molecule has 0 radical (unpaired) electrons. The predicted molar refractivity (Wildman–Crippen MR) is 74.7 cm³/mol. The van der Waals surface area contributed by atoms with Gasteiger partial charge in [-0.05, 0) is 25.0 Å².